The molecule has 34 heavy (non-hydrogen) atoms. The monoisotopic (exact) mass is 474 g/mol. The summed E-state index contributed by atoms with van der Waals surface area (Å²) in [7, 11) is 0. The Morgan fingerprint density at radius 3 is 2.68 bits per heavy atom. The Hall–Kier alpha value is -4.05. The smallest absolute Gasteiger partial charge is 0.205 e. The fraction of sp³-hybridized carbons (Fsp3) is 0.217. The maximum absolute atomic E-state index is 6.13. The number of aromatic nitrogens is 8. The van der Waals surface area contributed by atoms with E-state index >= 15 is 0 Å². The minimum atomic E-state index is -0.251. The van der Waals surface area contributed by atoms with Gasteiger partial charge in [-0.15, -0.1) is 10.2 Å². The summed E-state index contributed by atoms with van der Waals surface area (Å²) in [5.41, 5.74) is 3.09. The molecule has 3 N–H and O–H groups in total. The van der Waals surface area contributed by atoms with Crippen LogP contribution < -0.4 is 10.6 Å². The van der Waals surface area contributed by atoms with Crippen molar-refractivity contribution in [3.05, 3.63) is 65.4 Å². The topological polar surface area (TPSA) is 122 Å². The number of H-pyrrole nitrogens is 1. The number of hydrogen-bond acceptors (Lipinski definition) is 8. The van der Waals surface area contributed by atoms with E-state index in [-0.39, 0.29) is 5.54 Å². The molecule has 0 radical (unpaired) electrons. The molecule has 10 nitrogen and oxygen atoms in total. The van der Waals surface area contributed by atoms with Gasteiger partial charge in [-0.1, -0.05) is 41.9 Å². The average Bonchev–Trinajstić information content (AvgIpc) is 3.46. The maximum Gasteiger partial charge on any atom is 0.205 e. The van der Waals surface area contributed by atoms with E-state index in [0.29, 0.717) is 34.7 Å². The molecule has 2 aromatic carbocycles. The molecule has 0 saturated heterocycles. The van der Waals surface area contributed by atoms with E-state index in [1.165, 1.54) is 6.33 Å². The summed E-state index contributed by atoms with van der Waals surface area (Å²) in [5, 5.41) is 28.5. The molecular formula is C23H23ClN10. The predicted octanol–water partition coefficient (Wildman–Crippen LogP) is 4.77. The second-order valence-corrected chi connectivity index (χ2v) is 9.17. The summed E-state index contributed by atoms with van der Waals surface area (Å²) in [4.78, 5) is 10.3. The highest BCUT2D eigenvalue weighted by Crippen LogP contribution is 2.29. The molecule has 0 spiro atoms. The lowest BCUT2D eigenvalue weighted by atomic mass is 10.1. The highest BCUT2D eigenvalue weighted by Gasteiger charge is 2.19. The van der Waals surface area contributed by atoms with Crippen LogP contribution >= 0.6 is 11.6 Å². The lowest BCUT2D eigenvalue weighted by Crippen LogP contribution is -2.24. The van der Waals surface area contributed by atoms with Gasteiger partial charge in [-0.25, -0.2) is 9.97 Å². The van der Waals surface area contributed by atoms with Crippen LogP contribution in [0.25, 0.3) is 22.4 Å². The second kappa shape index (κ2) is 8.71. The number of nitrogens with one attached hydrogen (secondary N) is 3. The number of fused-ring (bicyclic) bond motifs is 1. The van der Waals surface area contributed by atoms with Gasteiger partial charge in [0, 0.05) is 22.8 Å². The first-order valence-corrected chi connectivity index (χ1v) is 11.1. The van der Waals surface area contributed by atoms with Crippen LogP contribution in [0, 0.1) is 0 Å². The molecule has 5 rings (SSSR count). The van der Waals surface area contributed by atoms with Crippen molar-refractivity contribution in [1.82, 2.24) is 40.4 Å². The first-order chi connectivity index (χ1) is 16.4. The largest absolute Gasteiger partial charge is 0.364 e. The minimum Gasteiger partial charge on any atom is -0.364 e. The molecule has 0 atom stereocenters. The standard InChI is InChI=1S/C23H23ClN10/c1-23(2,3)34-32-19(31-33-34)17-10-5-4-7-14(17)12-25-21-18-20(26-13-27-22(18)30-29-21)28-16-9-6-8-15(24)11-16/h4-11,13H,12H2,1-3H3,(H3,25,26,27,28,29,30). The highest BCUT2D eigenvalue weighted by molar-refractivity contribution is 6.30. The number of benzene rings is 2. The molecule has 0 aliphatic rings. The summed E-state index contributed by atoms with van der Waals surface area (Å²) < 4.78 is 0. The van der Waals surface area contributed by atoms with Gasteiger partial charge >= 0.3 is 0 Å². The van der Waals surface area contributed by atoms with Crippen LogP contribution in [0.1, 0.15) is 26.3 Å². The number of hydrogen-bond donors (Lipinski definition) is 3. The molecule has 0 saturated carbocycles. The van der Waals surface area contributed by atoms with E-state index in [1.807, 2.05) is 69.3 Å². The Balaban J connectivity index is 1.43. The van der Waals surface area contributed by atoms with Crippen molar-refractivity contribution in [3.8, 4) is 11.4 Å². The molecular weight excluding hydrogens is 452 g/mol. The molecule has 172 valence electrons. The van der Waals surface area contributed by atoms with Gasteiger partial charge in [-0.2, -0.15) is 9.90 Å². The van der Waals surface area contributed by atoms with Gasteiger partial charge in [0.05, 0.1) is 5.54 Å². The minimum absolute atomic E-state index is 0.251. The van der Waals surface area contributed by atoms with E-state index in [1.54, 1.807) is 4.80 Å². The number of rotatable bonds is 6. The molecule has 5 aromatic rings. The Kier molecular flexibility index (Phi) is 5.58. The molecule has 0 aliphatic heterocycles. The summed E-state index contributed by atoms with van der Waals surface area (Å²) in [5.74, 6) is 1.82. The van der Waals surface area contributed by atoms with E-state index in [0.717, 1.165) is 22.2 Å². The van der Waals surface area contributed by atoms with Crippen molar-refractivity contribution in [3.63, 3.8) is 0 Å². The molecule has 0 aliphatic carbocycles. The summed E-state index contributed by atoms with van der Waals surface area (Å²) in [6, 6.07) is 15.4. The third-order valence-corrected chi connectivity index (χ3v) is 5.40. The van der Waals surface area contributed by atoms with Crippen LogP contribution in [-0.2, 0) is 12.1 Å². The van der Waals surface area contributed by atoms with Crippen LogP contribution in [0.4, 0.5) is 17.3 Å². The van der Waals surface area contributed by atoms with Crippen LogP contribution in [0.15, 0.2) is 54.9 Å². The van der Waals surface area contributed by atoms with Crippen LogP contribution in [-0.4, -0.2) is 40.4 Å². The Morgan fingerprint density at radius 2 is 1.88 bits per heavy atom. The van der Waals surface area contributed by atoms with E-state index < -0.39 is 0 Å². The van der Waals surface area contributed by atoms with E-state index in [4.69, 9.17) is 11.6 Å². The number of tetrazole rings is 1. The van der Waals surface area contributed by atoms with Gasteiger partial charge in [-0.3, -0.25) is 5.10 Å². The molecule has 0 amide bonds. The summed E-state index contributed by atoms with van der Waals surface area (Å²) in [6.07, 6.45) is 1.48. The molecule has 3 heterocycles. The van der Waals surface area contributed by atoms with Crippen LogP contribution in [0.2, 0.25) is 5.02 Å². The Bertz CT molecular complexity index is 1450. The van der Waals surface area contributed by atoms with Crippen LogP contribution in [0.5, 0.6) is 0 Å². The summed E-state index contributed by atoms with van der Waals surface area (Å²) in [6.45, 7) is 6.59. The third-order valence-electron chi connectivity index (χ3n) is 5.16. The van der Waals surface area contributed by atoms with E-state index in [9.17, 15) is 0 Å². The van der Waals surface area contributed by atoms with Gasteiger partial charge in [0.15, 0.2) is 11.5 Å². The van der Waals surface area contributed by atoms with Crippen molar-refractivity contribution in [1.29, 1.82) is 0 Å². The Labute approximate surface area is 200 Å². The summed E-state index contributed by atoms with van der Waals surface area (Å²) >= 11 is 6.13. The zero-order valence-electron chi connectivity index (χ0n) is 18.9. The predicted molar refractivity (Wildman–Crippen MR) is 132 cm³/mol. The first-order valence-electron chi connectivity index (χ1n) is 10.7. The van der Waals surface area contributed by atoms with Gasteiger partial charge in [0.2, 0.25) is 5.82 Å². The van der Waals surface area contributed by atoms with Crippen molar-refractivity contribution >= 4 is 40.0 Å². The molecule has 3 aromatic heterocycles. The fourth-order valence-corrected chi connectivity index (χ4v) is 3.65. The average molecular weight is 475 g/mol. The lowest BCUT2D eigenvalue weighted by Gasteiger charge is -2.15. The van der Waals surface area contributed by atoms with Crippen molar-refractivity contribution < 1.29 is 0 Å². The third kappa shape index (κ3) is 4.40. The molecule has 0 unspecified atom stereocenters. The zero-order chi connectivity index (χ0) is 23.7. The quantitative estimate of drug-likeness (QED) is 0.321. The zero-order valence-corrected chi connectivity index (χ0v) is 19.7. The van der Waals surface area contributed by atoms with Gasteiger partial charge in [0.1, 0.15) is 17.5 Å². The number of nitrogens with zero attached hydrogens (tertiary/aromatic N) is 7. The van der Waals surface area contributed by atoms with Gasteiger partial charge in [0.25, 0.3) is 0 Å². The second-order valence-electron chi connectivity index (χ2n) is 8.74. The number of anilines is 3. The number of aromatic amines is 1. The molecule has 0 fully saturated rings. The van der Waals surface area contributed by atoms with Crippen LogP contribution in [0.3, 0.4) is 0 Å². The SMILES string of the molecule is CC(C)(C)n1nnc(-c2ccccc2CNc2n[nH]c3ncnc(Nc4cccc(Cl)c4)c23)n1. The highest BCUT2D eigenvalue weighted by atomic mass is 35.5. The number of halogens is 1. The van der Waals surface area contributed by atoms with Crippen molar-refractivity contribution in [2.45, 2.75) is 32.9 Å². The van der Waals surface area contributed by atoms with E-state index in [2.05, 4.69) is 46.2 Å². The van der Waals surface area contributed by atoms with Gasteiger partial charge in [-0.05, 0) is 49.7 Å². The van der Waals surface area contributed by atoms with Crippen molar-refractivity contribution in [2.75, 3.05) is 10.6 Å². The fourth-order valence-electron chi connectivity index (χ4n) is 3.46. The lowest BCUT2D eigenvalue weighted by molar-refractivity contribution is 0.306. The Morgan fingerprint density at radius 1 is 1.03 bits per heavy atom. The van der Waals surface area contributed by atoms with Gasteiger partial charge < -0.3 is 10.6 Å². The first kappa shape index (κ1) is 21.8. The molecule has 11 heteroatoms. The normalized spacial score (nSPS) is 11.6. The molecule has 0 bridgehead atoms. The maximum atomic E-state index is 6.13. The van der Waals surface area contributed by atoms with Crippen molar-refractivity contribution in [2.24, 2.45) is 0 Å².